The van der Waals surface area contributed by atoms with Gasteiger partial charge in [-0.3, -0.25) is 28.9 Å². The number of carbonyl (C=O) groups excluding carboxylic acids is 5. The molecule has 12 nitrogen and oxygen atoms in total. The molecule has 5 amide bonds. The fourth-order valence-electron chi connectivity index (χ4n) is 8.12. The minimum atomic E-state index is -0.920. The molecular formula is C44H78N6O6S. The van der Waals surface area contributed by atoms with Gasteiger partial charge in [0, 0.05) is 50.4 Å². The number of hydrogen-bond donors (Lipinski definition) is 3. The number of amides is 5. The molecule has 1 saturated heterocycles. The standard InChI is InChI=1S/C44H78N6O6S/c1-17-21-32(19-3)24-33(40(45)52)46-41(53)31(10)30(9)34-22-20-23-50(34)36(51)25-35(56-15)39(29(8)18-2)49(14)43(55)37(27(4)5)47-42(54)38(28(6)7)48(13)26-44(11,12)57-16/h17,19,21,27-31,33-35,37-39H,1,3,18,20,22-26H2,2,4-16H3,(H2,45,52)(H,46,53)(H,47,54)/b32-21+/t29-,30?,31+,33?,34-,35+,37-,38?,39-/m0/s1. The van der Waals surface area contributed by atoms with Crippen LogP contribution in [0.1, 0.15) is 101 Å². The number of nitrogens with zero attached hydrogens (tertiary/aromatic N) is 3. The van der Waals surface area contributed by atoms with Gasteiger partial charge in [0.15, 0.2) is 0 Å². The van der Waals surface area contributed by atoms with Crippen molar-refractivity contribution < 1.29 is 28.7 Å². The number of methoxy groups -OCH3 is 1. The minimum Gasteiger partial charge on any atom is -0.379 e. The number of thioether (sulfide) groups is 1. The zero-order chi connectivity index (χ0) is 43.9. The molecule has 1 aliphatic heterocycles. The number of likely N-dealkylation sites (N-methyl/N-ethyl adjacent to an activating group) is 2. The second kappa shape index (κ2) is 24.1. The predicted molar refractivity (Wildman–Crippen MR) is 234 cm³/mol. The summed E-state index contributed by atoms with van der Waals surface area (Å²) < 4.78 is 6.00. The average molecular weight is 819 g/mol. The Morgan fingerprint density at radius 3 is 2.07 bits per heavy atom. The normalized spacial score (nSPS) is 19.3. The number of primary amides is 1. The maximum Gasteiger partial charge on any atom is 0.245 e. The molecule has 13 heteroatoms. The van der Waals surface area contributed by atoms with E-state index in [4.69, 9.17) is 10.5 Å². The third-order valence-electron chi connectivity index (χ3n) is 12.0. The molecule has 0 aliphatic carbocycles. The van der Waals surface area contributed by atoms with Crippen LogP contribution in [0.25, 0.3) is 0 Å². The Labute approximate surface area is 349 Å². The molecule has 326 valence electrons. The highest BCUT2D eigenvalue weighted by Crippen LogP contribution is 2.32. The minimum absolute atomic E-state index is 0.0157. The molecule has 4 N–H and O–H groups in total. The van der Waals surface area contributed by atoms with E-state index in [-0.39, 0.29) is 70.9 Å². The van der Waals surface area contributed by atoms with Gasteiger partial charge in [-0.2, -0.15) is 11.8 Å². The van der Waals surface area contributed by atoms with Crippen LogP contribution in [0.5, 0.6) is 0 Å². The van der Waals surface area contributed by atoms with Gasteiger partial charge in [-0.15, -0.1) is 0 Å². The van der Waals surface area contributed by atoms with Crippen LogP contribution in [-0.2, 0) is 28.7 Å². The first-order valence-electron chi connectivity index (χ1n) is 20.7. The van der Waals surface area contributed by atoms with Gasteiger partial charge < -0.3 is 30.9 Å². The largest absolute Gasteiger partial charge is 0.379 e. The summed E-state index contributed by atoms with van der Waals surface area (Å²) in [6.07, 6.45) is 8.83. The molecule has 57 heavy (non-hydrogen) atoms. The smallest absolute Gasteiger partial charge is 0.245 e. The van der Waals surface area contributed by atoms with Gasteiger partial charge in [0.05, 0.1) is 24.6 Å². The lowest BCUT2D eigenvalue weighted by molar-refractivity contribution is -0.147. The van der Waals surface area contributed by atoms with Crippen molar-refractivity contribution in [3.05, 3.63) is 37.0 Å². The number of carbonyl (C=O) groups is 5. The molecule has 1 rings (SSSR count). The van der Waals surface area contributed by atoms with Crippen LogP contribution in [0, 0.1) is 29.6 Å². The van der Waals surface area contributed by atoms with Gasteiger partial charge in [0.25, 0.3) is 0 Å². The maximum absolute atomic E-state index is 14.5. The highest BCUT2D eigenvalue weighted by Gasteiger charge is 2.42. The first-order chi connectivity index (χ1) is 26.5. The van der Waals surface area contributed by atoms with E-state index in [0.717, 1.165) is 24.8 Å². The van der Waals surface area contributed by atoms with Crippen molar-refractivity contribution in [3.8, 4) is 0 Å². The van der Waals surface area contributed by atoms with Crippen LogP contribution in [0.15, 0.2) is 37.0 Å². The lowest BCUT2D eigenvalue weighted by atomic mass is 9.86. The third-order valence-corrected chi connectivity index (χ3v) is 13.2. The monoisotopic (exact) mass is 819 g/mol. The molecule has 1 heterocycles. The van der Waals surface area contributed by atoms with E-state index in [0.29, 0.717) is 13.1 Å². The zero-order valence-electron chi connectivity index (χ0n) is 37.7. The molecule has 1 fully saturated rings. The fraction of sp³-hybridized carbons (Fsp3) is 0.750. The highest BCUT2D eigenvalue weighted by molar-refractivity contribution is 7.99. The van der Waals surface area contributed by atoms with Crippen molar-refractivity contribution in [2.45, 2.75) is 142 Å². The quantitative estimate of drug-likeness (QED) is 0.103. The summed E-state index contributed by atoms with van der Waals surface area (Å²) in [6.45, 7) is 28.8. The van der Waals surface area contributed by atoms with Gasteiger partial charge in [-0.25, -0.2) is 0 Å². The summed E-state index contributed by atoms with van der Waals surface area (Å²) >= 11 is 1.75. The number of rotatable bonds is 25. The van der Waals surface area contributed by atoms with Gasteiger partial charge in [-0.1, -0.05) is 93.2 Å². The van der Waals surface area contributed by atoms with Crippen LogP contribution in [0.2, 0.25) is 0 Å². The van der Waals surface area contributed by atoms with Crippen molar-refractivity contribution in [3.63, 3.8) is 0 Å². The maximum atomic E-state index is 14.5. The summed E-state index contributed by atoms with van der Waals surface area (Å²) in [5.74, 6) is -2.44. The Balaban J connectivity index is 3.28. The first kappa shape index (κ1) is 51.9. The molecule has 3 unspecified atom stereocenters. The van der Waals surface area contributed by atoms with Crippen molar-refractivity contribution in [2.24, 2.45) is 35.3 Å². The summed E-state index contributed by atoms with van der Waals surface area (Å²) in [6, 6.07) is -2.79. The van der Waals surface area contributed by atoms with Crippen LogP contribution in [0.4, 0.5) is 0 Å². The number of allylic oxidation sites excluding steroid dienone is 3. The summed E-state index contributed by atoms with van der Waals surface area (Å²) in [5, 5.41) is 5.94. The van der Waals surface area contributed by atoms with Gasteiger partial charge >= 0.3 is 0 Å². The fourth-order valence-corrected chi connectivity index (χ4v) is 8.45. The third kappa shape index (κ3) is 14.9. The van der Waals surface area contributed by atoms with Gasteiger partial charge in [0.1, 0.15) is 12.1 Å². The van der Waals surface area contributed by atoms with Crippen LogP contribution in [0.3, 0.4) is 0 Å². The Bertz CT molecular complexity index is 1400. The second-order valence-electron chi connectivity index (χ2n) is 17.4. The Morgan fingerprint density at radius 1 is 0.982 bits per heavy atom. The number of hydrogen-bond acceptors (Lipinski definition) is 8. The van der Waals surface area contributed by atoms with E-state index in [1.165, 1.54) is 0 Å². The van der Waals surface area contributed by atoms with Crippen LogP contribution >= 0.6 is 11.8 Å². The van der Waals surface area contributed by atoms with Crippen molar-refractivity contribution >= 4 is 41.3 Å². The molecule has 0 aromatic heterocycles. The van der Waals surface area contributed by atoms with Crippen LogP contribution in [-0.4, -0.2) is 126 Å². The molecule has 0 saturated carbocycles. The highest BCUT2D eigenvalue weighted by atomic mass is 32.2. The van der Waals surface area contributed by atoms with Crippen LogP contribution < -0.4 is 16.4 Å². The lowest BCUT2D eigenvalue weighted by Gasteiger charge is -2.41. The molecule has 0 aromatic carbocycles. The molecule has 0 bridgehead atoms. The second-order valence-corrected chi connectivity index (χ2v) is 18.9. The van der Waals surface area contributed by atoms with E-state index in [1.54, 1.807) is 56.0 Å². The lowest BCUT2D eigenvalue weighted by Crippen LogP contribution is -2.60. The first-order valence-corrected chi connectivity index (χ1v) is 21.9. The van der Waals surface area contributed by atoms with E-state index >= 15 is 0 Å². The van der Waals surface area contributed by atoms with Gasteiger partial charge in [-0.05, 0) is 69.2 Å². The van der Waals surface area contributed by atoms with E-state index in [9.17, 15) is 24.0 Å². The van der Waals surface area contributed by atoms with Crippen molar-refractivity contribution in [1.82, 2.24) is 25.3 Å². The number of nitrogens with two attached hydrogens (primary N) is 1. The van der Waals surface area contributed by atoms with Crippen molar-refractivity contribution in [1.29, 1.82) is 0 Å². The SMILES string of the molecule is C=C/C=C(\C=C)CC(NC(=O)[C@H](C)C(C)[C@@H]1CCCN1C(=O)C[C@@H](OC)[C@H]([C@@H](C)CC)N(C)C(=O)[C@@H](NC(=O)C(C(C)C)N(C)CC(C)(C)SC)C(C)C)C(N)=O. The molecule has 0 spiro atoms. The van der Waals surface area contributed by atoms with E-state index in [1.807, 2.05) is 53.5 Å². The summed E-state index contributed by atoms with van der Waals surface area (Å²) in [5.41, 5.74) is 6.38. The molecular weight excluding hydrogens is 741 g/mol. The molecule has 0 aromatic rings. The van der Waals surface area contributed by atoms with E-state index in [2.05, 4.69) is 55.7 Å². The predicted octanol–water partition coefficient (Wildman–Crippen LogP) is 5.43. The summed E-state index contributed by atoms with van der Waals surface area (Å²) in [7, 11) is 5.28. The molecule has 9 atom stereocenters. The van der Waals surface area contributed by atoms with Crippen molar-refractivity contribution in [2.75, 3.05) is 40.6 Å². The van der Waals surface area contributed by atoms with E-state index < -0.39 is 42.1 Å². The topological polar surface area (TPSA) is 154 Å². The number of likely N-dealkylation sites (tertiary alicyclic amines) is 1. The molecule has 1 aliphatic rings. The Hall–Kier alpha value is -3.16. The number of nitrogens with one attached hydrogen (secondary N) is 2. The summed E-state index contributed by atoms with van der Waals surface area (Å²) in [4.78, 5) is 74.0. The molecule has 0 radical (unpaired) electrons. The Morgan fingerprint density at radius 2 is 1.60 bits per heavy atom. The number of ether oxygens (including phenoxy) is 1. The van der Waals surface area contributed by atoms with Gasteiger partial charge in [0.2, 0.25) is 29.5 Å². The Kier molecular flexibility index (Phi) is 21.9. The zero-order valence-corrected chi connectivity index (χ0v) is 38.5. The average Bonchev–Trinajstić information content (AvgIpc) is 3.64.